The third kappa shape index (κ3) is 4.77. The second-order valence-electron chi connectivity index (χ2n) is 4.75. The predicted octanol–water partition coefficient (Wildman–Crippen LogP) is 4.93. The van der Waals surface area contributed by atoms with Crippen molar-refractivity contribution in [2.45, 2.75) is 19.0 Å². The highest BCUT2D eigenvalue weighted by molar-refractivity contribution is 6.30. The largest absolute Gasteiger partial charge is 0.416 e. The van der Waals surface area contributed by atoms with Gasteiger partial charge in [0.2, 0.25) is 5.91 Å². The minimum absolute atomic E-state index is 0.135. The number of benzene rings is 2. The fraction of sp³-hybridized carbons (Fsp3) is 0.188. The molecule has 0 bridgehead atoms. The van der Waals surface area contributed by atoms with Gasteiger partial charge in [-0.2, -0.15) is 13.2 Å². The topological polar surface area (TPSA) is 29.1 Å². The van der Waals surface area contributed by atoms with E-state index < -0.39 is 11.7 Å². The molecule has 0 atom stereocenters. The molecule has 1 N–H and O–H groups in total. The number of alkyl halides is 3. The molecule has 0 spiro atoms. The van der Waals surface area contributed by atoms with Crippen molar-refractivity contribution in [1.29, 1.82) is 0 Å². The molecule has 1 amide bonds. The van der Waals surface area contributed by atoms with Crippen molar-refractivity contribution in [3.05, 3.63) is 64.7 Å². The third-order valence-corrected chi connectivity index (χ3v) is 3.28. The van der Waals surface area contributed by atoms with Crippen LogP contribution in [0.1, 0.15) is 17.5 Å². The Kier molecular flexibility index (Phi) is 5.08. The lowest BCUT2D eigenvalue weighted by molar-refractivity contribution is -0.137. The van der Waals surface area contributed by atoms with E-state index in [1.165, 1.54) is 12.1 Å². The molecule has 0 aromatic heterocycles. The molecular weight excluding hydrogens is 315 g/mol. The summed E-state index contributed by atoms with van der Waals surface area (Å²) in [4.78, 5) is 11.8. The van der Waals surface area contributed by atoms with Gasteiger partial charge in [0.1, 0.15) is 0 Å². The Labute approximate surface area is 130 Å². The summed E-state index contributed by atoms with van der Waals surface area (Å²) in [7, 11) is 0. The van der Waals surface area contributed by atoms with Gasteiger partial charge in [0, 0.05) is 17.1 Å². The molecule has 0 aliphatic carbocycles. The van der Waals surface area contributed by atoms with Crippen molar-refractivity contribution in [3.63, 3.8) is 0 Å². The monoisotopic (exact) mass is 327 g/mol. The third-order valence-electron chi connectivity index (χ3n) is 3.03. The Hall–Kier alpha value is -2.01. The first-order chi connectivity index (χ1) is 10.3. The summed E-state index contributed by atoms with van der Waals surface area (Å²) in [6, 6.07) is 11.6. The molecule has 0 aliphatic rings. The van der Waals surface area contributed by atoms with E-state index in [-0.39, 0.29) is 18.0 Å². The van der Waals surface area contributed by atoms with Crippen LogP contribution in [0, 0.1) is 0 Å². The van der Waals surface area contributed by atoms with Gasteiger partial charge in [-0.1, -0.05) is 29.8 Å². The van der Waals surface area contributed by atoms with Crippen LogP contribution in [-0.2, 0) is 17.4 Å². The van der Waals surface area contributed by atoms with Crippen molar-refractivity contribution >= 4 is 23.2 Å². The van der Waals surface area contributed by atoms with E-state index in [9.17, 15) is 18.0 Å². The summed E-state index contributed by atoms with van der Waals surface area (Å²) >= 11 is 5.76. The molecular formula is C16H13ClF3NO. The number of hydrogen-bond acceptors (Lipinski definition) is 1. The van der Waals surface area contributed by atoms with Crippen LogP contribution in [0.25, 0.3) is 0 Å². The van der Waals surface area contributed by atoms with Crippen LogP contribution in [0.4, 0.5) is 18.9 Å². The number of anilines is 1. The van der Waals surface area contributed by atoms with Crippen LogP contribution in [0.5, 0.6) is 0 Å². The highest BCUT2D eigenvalue weighted by atomic mass is 35.5. The van der Waals surface area contributed by atoms with E-state index in [4.69, 9.17) is 11.6 Å². The lowest BCUT2D eigenvalue weighted by atomic mass is 10.1. The summed E-state index contributed by atoms with van der Waals surface area (Å²) < 4.78 is 37.8. The van der Waals surface area contributed by atoms with Crippen LogP contribution >= 0.6 is 11.6 Å². The molecule has 0 heterocycles. The first-order valence-electron chi connectivity index (χ1n) is 6.56. The number of hydrogen-bond donors (Lipinski definition) is 1. The maximum atomic E-state index is 12.6. The van der Waals surface area contributed by atoms with Gasteiger partial charge in [-0.15, -0.1) is 0 Å². The van der Waals surface area contributed by atoms with Gasteiger partial charge in [-0.3, -0.25) is 4.79 Å². The molecule has 2 nitrogen and oxygen atoms in total. The lowest BCUT2D eigenvalue weighted by Crippen LogP contribution is -2.13. The molecule has 2 aromatic rings. The van der Waals surface area contributed by atoms with Crippen LogP contribution in [0.15, 0.2) is 48.5 Å². The Bertz CT molecular complexity index is 653. The second kappa shape index (κ2) is 6.83. The summed E-state index contributed by atoms with van der Waals surface area (Å²) in [6.45, 7) is 0. The van der Waals surface area contributed by atoms with E-state index in [1.807, 2.05) is 0 Å². The van der Waals surface area contributed by atoms with Crippen LogP contribution in [0.2, 0.25) is 5.02 Å². The highest BCUT2D eigenvalue weighted by Crippen LogP contribution is 2.30. The SMILES string of the molecule is O=C(CCc1ccc(Cl)cc1)Nc1cccc(C(F)(F)F)c1. The Morgan fingerprint density at radius 1 is 1.09 bits per heavy atom. The van der Waals surface area contributed by atoms with Gasteiger partial charge < -0.3 is 5.32 Å². The van der Waals surface area contributed by atoms with E-state index in [2.05, 4.69) is 5.32 Å². The molecule has 0 saturated heterocycles. The number of rotatable bonds is 4. The minimum Gasteiger partial charge on any atom is -0.326 e. The van der Waals surface area contributed by atoms with E-state index in [1.54, 1.807) is 24.3 Å². The zero-order valence-corrected chi connectivity index (χ0v) is 12.2. The van der Waals surface area contributed by atoms with Crippen molar-refractivity contribution in [3.8, 4) is 0 Å². The number of halogens is 4. The van der Waals surface area contributed by atoms with Crippen molar-refractivity contribution < 1.29 is 18.0 Å². The normalized spacial score (nSPS) is 11.3. The molecule has 116 valence electrons. The Morgan fingerprint density at radius 3 is 2.41 bits per heavy atom. The summed E-state index contributed by atoms with van der Waals surface area (Å²) in [5.74, 6) is -0.339. The van der Waals surface area contributed by atoms with E-state index in [0.717, 1.165) is 17.7 Å². The van der Waals surface area contributed by atoms with Gasteiger partial charge in [0.25, 0.3) is 0 Å². The molecule has 2 aromatic carbocycles. The molecule has 0 aliphatic heterocycles. The molecule has 2 rings (SSSR count). The fourth-order valence-corrected chi connectivity index (χ4v) is 2.03. The van der Waals surface area contributed by atoms with Gasteiger partial charge >= 0.3 is 6.18 Å². The van der Waals surface area contributed by atoms with Crippen LogP contribution < -0.4 is 5.32 Å². The standard InChI is InChI=1S/C16H13ClF3NO/c17-13-7-4-11(5-8-13)6-9-15(22)21-14-3-1-2-12(10-14)16(18,19)20/h1-5,7-8,10H,6,9H2,(H,21,22). The average Bonchev–Trinajstić information content (AvgIpc) is 2.46. The number of carbonyl (C=O) groups is 1. The van der Waals surface area contributed by atoms with Crippen LogP contribution in [0.3, 0.4) is 0 Å². The first-order valence-corrected chi connectivity index (χ1v) is 6.94. The van der Waals surface area contributed by atoms with Gasteiger partial charge in [-0.25, -0.2) is 0 Å². The Balaban J connectivity index is 1.93. The number of aryl methyl sites for hydroxylation is 1. The van der Waals surface area contributed by atoms with Gasteiger partial charge in [0.15, 0.2) is 0 Å². The van der Waals surface area contributed by atoms with E-state index >= 15 is 0 Å². The minimum atomic E-state index is -4.43. The zero-order valence-electron chi connectivity index (χ0n) is 11.5. The maximum Gasteiger partial charge on any atom is 0.416 e. The summed E-state index contributed by atoms with van der Waals surface area (Å²) in [6.07, 6.45) is -3.76. The number of amides is 1. The maximum absolute atomic E-state index is 12.6. The average molecular weight is 328 g/mol. The van der Waals surface area contributed by atoms with Crippen molar-refractivity contribution in [1.82, 2.24) is 0 Å². The molecule has 6 heteroatoms. The van der Waals surface area contributed by atoms with Gasteiger partial charge in [-0.05, 0) is 42.3 Å². The second-order valence-corrected chi connectivity index (χ2v) is 5.19. The smallest absolute Gasteiger partial charge is 0.326 e. The quantitative estimate of drug-likeness (QED) is 0.847. The van der Waals surface area contributed by atoms with Crippen molar-refractivity contribution in [2.75, 3.05) is 5.32 Å². The van der Waals surface area contributed by atoms with E-state index in [0.29, 0.717) is 11.4 Å². The Morgan fingerprint density at radius 2 is 1.77 bits per heavy atom. The highest BCUT2D eigenvalue weighted by Gasteiger charge is 2.30. The molecule has 0 saturated carbocycles. The molecule has 0 unspecified atom stereocenters. The molecule has 0 radical (unpaired) electrons. The summed E-state index contributed by atoms with van der Waals surface area (Å²) in [5.41, 5.74) is 0.280. The lowest BCUT2D eigenvalue weighted by Gasteiger charge is -2.10. The van der Waals surface area contributed by atoms with Crippen LogP contribution in [-0.4, -0.2) is 5.91 Å². The fourth-order valence-electron chi connectivity index (χ4n) is 1.91. The van der Waals surface area contributed by atoms with Gasteiger partial charge in [0.05, 0.1) is 5.56 Å². The molecule has 0 fully saturated rings. The summed E-state index contributed by atoms with van der Waals surface area (Å²) in [5, 5.41) is 3.08. The predicted molar refractivity (Wildman–Crippen MR) is 79.8 cm³/mol. The number of nitrogens with one attached hydrogen (secondary N) is 1. The molecule has 22 heavy (non-hydrogen) atoms. The first kappa shape index (κ1) is 16.4. The zero-order chi connectivity index (χ0) is 16.2. The van der Waals surface area contributed by atoms with Crippen molar-refractivity contribution in [2.24, 2.45) is 0 Å². The number of carbonyl (C=O) groups excluding carboxylic acids is 1.